The summed E-state index contributed by atoms with van der Waals surface area (Å²) in [6.07, 6.45) is 8.01. The highest BCUT2D eigenvalue weighted by Gasteiger charge is 2.24. The van der Waals surface area contributed by atoms with Gasteiger partial charge in [0.15, 0.2) is 5.82 Å². The van der Waals surface area contributed by atoms with Gasteiger partial charge < -0.3 is 4.90 Å². The molecule has 1 aliphatic heterocycles. The lowest BCUT2D eigenvalue weighted by atomic mass is 10.0. The van der Waals surface area contributed by atoms with E-state index in [-0.39, 0.29) is 5.91 Å². The van der Waals surface area contributed by atoms with Crippen molar-refractivity contribution < 1.29 is 4.79 Å². The summed E-state index contributed by atoms with van der Waals surface area (Å²) >= 11 is 0. The first-order valence-electron chi connectivity index (χ1n) is 6.88. The van der Waals surface area contributed by atoms with Gasteiger partial charge in [0.1, 0.15) is 12.7 Å². The van der Waals surface area contributed by atoms with Crippen LogP contribution in [0.2, 0.25) is 0 Å². The van der Waals surface area contributed by atoms with E-state index in [1.54, 1.807) is 29.3 Å². The third-order valence-electron chi connectivity index (χ3n) is 3.71. The van der Waals surface area contributed by atoms with Crippen molar-refractivity contribution in [3.63, 3.8) is 0 Å². The number of pyridine rings is 1. The molecule has 3 rings (SSSR count). The van der Waals surface area contributed by atoms with Gasteiger partial charge in [-0.1, -0.05) is 0 Å². The van der Waals surface area contributed by atoms with E-state index in [0.29, 0.717) is 17.4 Å². The average molecular weight is 271 g/mol. The molecular weight excluding hydrogens is 254 g/mol. The number of piperidine rings is 1. The number of carbonyl (C=O) groups is 1. The van der Waals surface area contributed by atoms with E-state index in [4.69, 9.17) is 0 Å². The number of carbonyl (C=O) groups excluding carboxylic acids is 1. The monoisotopic (exact) mass is 271 g/mol. The van der Waals surface area contributed by atoms with E-state index >= 15 is 0 Å². The molecule has 1 amide bonds. The van der Waals surface area contributed by atoms with Gasteiger partial charge in [0.05, 0.1) is 0 Å². The Morgan fingerprint density at radius 3 is 3.05 bits per heavy atom. The third kappa shape index (κ3) is 2.41. The highest BCUT2D eigenvalue weighted by atomic mass is 16.2. The third-order valence-corrected chi connectivity index (χ3v) is 3.71. The predicted molar refractivity (Wildman–Crippen MR) is 73.5 cm³/mol. The van der Waals surface area contributed by atoms with E-state index in [9.17, 15) is 4.79 Å². The lowest BCUT2D eigenvalue weighted by Crippen LogP contribution is -2.42. The van der Waals surface area contributed by atoms with Gasteiger partial charge in [-0.3, -0.25) is 4.79 Å². The summed E-state index contributed by atoms with van der Waals surface area (Å²) < 4.78 is 1.55. The van der Waals surface area contributed by atoms with Crippen molar-refractivity contribution >= 4 is 5.91 Å². The summed E-state index contributed by atoms with van der Waals surface area (Å²) in [5, 5.41) is 4.03. The largest absolute Gasteiger partial charge is 0.336 e. The zero-order valence-corrected chi connectivity index (χ0v) is 11.4. The highest BCUT2D eigenvalue weighted by Crippen LogP contribution is 2.19. The van der Waals surface area contributed by atoms with Gasteiger partial charge in [-0.05, 0) is 38.3 Å². The second kappa shape index (κ2) is 5.40. The Hall–Kier alpha value is -2.24. The maximum absolute atomic E-state index is 12.6. The maximum Gasteiger partial charge on any atom is 0.254 e. The number of nitrogens with zero attached hydrogens (tertiary/aromatic N) is 5. The summed E-state index contributed by atoms with van der Waals surface area (Å²) in [6.45, 7) is 2.94. The molecule has 1 saturated heterocycles. The van der Waals surface area contributed by atoms with Crippen molar-refractivity contribution in [3.05, 3.63) is 36.5 Å². The van der Waals surface area contributed by atoms with Crippen molar-refractivity contribution in [2.24, 2.45) is 0 Å². The molecule has 6 heteroatoms. The van der Waals surface area contributed by atoms with Crippen LogP contribution in [-0.2, 0) is 0 Å². The zero-order chi connectivity index (χ0) is 13.9. The van der Waals surface area contributed by atoms with Crippen LogP contribution in [0.5, 0.6) is 0 Å². The van der Waals surface area contributed by atoms with Gasteiger partial charge in [-0.25, -0.2) is 14.6 Å². The summed E-state index contributed by atoms with van der Waals surface area (Å²) in [5.41, 5.74) is 0.652. The Bertz CT molecular complexity index is 595. The van der Waals surface area contributed by atoms with Crippen LogP contribution in [0, 0.1) is 0 Å². The molecule has 2 aromatic rings. The topological polar surface area (TPSA) is 63.9 Å². The molecule has 1 atom stereocenters. The number of hydrogen-bond acceptors (Lipinski definition) is 4. The van der Waals surface area contributed by atoms with Gasteiger partial charge in [-0.2, -0.15) is 5.10 Å². The smallest absolute Gasteiger partial charge is 0.254 e. The normalized spacial score (nSPS) is 19.1. The second-order valence-electron chi connectivity index (χ2n) is 5.09. The average Bonchev–Trinajstić information content (AvgIpc) is 3.01. The molecule has 0 radical (unpaired) electrons. The van der Waals surface area contributed by atoms with Crippen LogP contribution in [0.1, 0.15) is 36.5 Å². The molecule has 0 spiro atoms. The Kier molecular flexibility index (Phi) is 3.45. The van der Waals surface area contributed by atoms with Gasteiger partial charge in [0.25, 0.3) is 5.91 Å². The van der Waals surface area contributed by atoms with Crippen LogP contribution in [0.4, 0.5) is 0 Å². The SMILES string of the molecule is CC1CCCCN1C(=O)c1ccnc(-n2cncn2)c1. The molecule has 1 fully saturated rings. The standard InChI is InChI=1S/C14H17N5O/c1-11-4-2-3-7-18(11)14(20)12-5-6-16-13(8-12)19-10-15-9-17-19/h5-6,8-11H,2-4,7H2,1H3. The molecule has 104 valence electrons. The zero-order valence-electron chi connectivity index (χ0n) is 11.4. The van der Waals surface area contributed by atoms with E-state index < -0.39 is 0 Å². The van der Waals surface area contributed by atoms with Crippen LogP contribution in [0.25, 0.3) is 5.82 Å². The minimum atomic E-state index is 0.0703. The fourth-order valence-electron chi connectivity index (χ4n) is 2.57. The first-order chi connectivity index (χ1) is 9.75. The quantitative estimate of drug-likeness (QED) is 0.833. The summed E-state index contributed by atoms with van der Waals surface area (Å²) in [6, 6.07) is 3.82. The summed E-state index contributed by atoms with van der Waals surface area (Å²) in [4.78, 5) is 22.6. The molecule has 0 bridgehead atoms. The number of hydrogen-bond donors (Lipinski definition) is 0. The fourth-order valence-corrected chi connectivity index (χ4v) is 2.57. The summed E-state index contributed by atoms with van der Waals surface area (Å²) in [7, 11) is 0. The molecule has 2 aromatic heterocycles. The maximum atomic E-state index is 12.6. The van der Waals surface area contributed by atoms with Crippen molar-refractivity contribution in [3.8, 4) is 5.82 Å². The molecule has 0 N–H and O–H groups in total. The predicted octanol–water partition coefficient (Wildman–Crippen LogP) is 1.68. The van der Waals surface area contributed by atoms with Crippen molar-refractivity contribution in [2.75, 3.05) is 6.54 Å². The fraction of sp³-hybridized carbons (Fsp3) is 0.429. The second-order valence-corrected chi connectivity index (χ2v) is 5.09. The summed E-state index contributed by atoms with van der Waals surface area (Å²) in [5.74, 6) is 0.680. The van der Waals surface area contributed by atoms with E-state index in [2.05, 4.69) is 22.0 Å². The number of rotatable bonds is 2. The van der Waals surface area contributed by atoms with Crippen LogP contribution in [0.15, 0.2) is 31.0 Å². The Balaban J connectivity index is 1.86. The lowest BCUT2D eigenvalue weighted by molar-refractivity contribution is 0.0635. The minimum Gasteiger partial charge on any atom is -0.336 e. The van der Waals surface area contributed by atoms with E-state index in [0.717, 1.165) is 19.4 Å². The number of aromatic nitrogens is 4. The molecule has 0 saturated carbocycles. The first-order valence-corrected chi connectivity index (χ1v) is 6.88. The molecule has 3 heterocycles. The van der Waals surface area contributed by atoms with E-state index in [1.807, 2.05) is 4.90 Å². The van der Waals surface area contributed by atoms with Crippen LogP contribution in [0.3, 0.4) is 0 Å². The molecule has 0 aromatic carbocycles. The first kappa shape index (κ1) is 12.8. The van der Waals surface area contributed by atoms with Crippen molar-refractivity contribution in [1.82, 2.24) is 24.6 Å². The van der Waals surface area contributed by atoms with E-state index in [1.165, 1.54) is 12.7 Å². The van der Waals surface area contributed by atoms with Crippen molar-refractivity contribution in [1.29, 1.82) is 0 Å². The van der Waals surface area contributed by atoms with Crippen LogP contribution >= 0.6 is 0 Å². The molecule has 6 nitrogen and oxygen atoms in total. The Morgan fingerprint density at radius 1 is 1.40 bits per heavy atom. The highest BCUT2D eigenvalue weighted by molar-refractivity contribution is 5.94. The molecular formula is C14H17N5O. The Morgan fingerprint density at radius 2 is 2.30 bits per heavy atom. The van der Waals surface area contributed by atoms with Gasteiger partial charge in [0, 0.05) is 24.3 Å². The Labute approximate surface area is 117 Å². The number of likely N-dealkylation sites (tertiary alicyclic amines) is 1. The lowest BCUT2D eigenvalue weighted by Gasteiger charge is -2.33. The molecule has 0 aliphatic carbocycles. The van der Waals surface area contributed by atoms with Crippen LogP contribution < -0.4 is 0 Å². The van der Waals surface area contributed by atoms with Crippen molar-refractivity contribution in [2.45, 2.75) is 32.2 Å². The van der Waals surface area contributed by atoms with Gasteiger partial charge >= 0.3 is 0 Å². The molecule has 1 aliphatic rings. The minimum absolute atomic E-state index is 0.0703. The van der Waals surface area contributed by atoms with Gasteiger partial charge in [0.2, 0.25) is 0 Å². The number of amides is 1. The molecule has 1 unspecified atom stereocenters. The van der Waals surface area contributed by atoms with Gasteiger partial charge in [-0.15, -0.1) is 0 Å². The van der Waals surface area contributed by atoms with Crippen LogP contribution in [-0.4, -0.2) is 43.1 Å². The molecule has 20 heavy (non-hydrogen) atoms.